The van der Waals surface area contributed by atoms with Gasteiger partial charge in [-0.3, -0.25) is 9.97 Å². The third-order valence-corrected chi connectivity index (χ3v) is 4.53. The average molecular weight is 370 g/mol. The Morgan fingerprint density at radius 3 is 1.34 bits per heavy atom. The first-order chi connectivity index (χ1) is 14.3. The normalized spacial score (nSPS) is 10.2. The molecule has 0 atom stereocenters. The summed E-state index contributed by atoms with van der Waals surface area (Å²) in [5.41, 5.74) is 5.43. The van der Waals surface area contributed by atoms with E-state index in [0.29, 0.717) is 0 Å². The van der Waals surface area contributed by atoms with Crippen molar-refractivity contribution in [3.63, 3.8) is 0 Å². The molecule has 0 fully saturated rings. The molecule has 0 aliphatic carbocycles. The van der Waals surface area contributed by atoms with E-state index >= 15 is 0 Å². The molecule has 0 aliphatic rings. The lowest BCUT2D eigenvalue weighted by Crippen LogP contribution is -1.78. The molecule has 5 aromatic rings. The molecule has 134 valence electrons. The van der Waals surface area contributed by atoms with Crippen LogP contribution in [-0.4, -0.2) is 9.97 Å². The number of fused-ring (bicyclic) bond motifs is 3. The second-order valence-electron chi connectivity index (χ2n) is 6.50. The van der Waals surface area contributed by atoms with Crippen molar-refractivity contribution in [1.82, 2.24) is 9.97 Å². The van der Waals surface area contributed by atoms with Crippen LogP contribution in [0.1, 0.15) is 22.3 Å². The molecular formula is C26H14N2O. The Hall–Kier alpha value is -4.34. The summed E-state index contributed by atoms with van der Waals surface area (Å²) < 4.78 is 5.98. The standard InChI is InChI=1S/C26H14N2O/c1(19-9-13-27-14-10-19)3-21-5-7-25-23(17-21)24-18-22(6-8-26(24)29-25)4-2-20-11-15-28-16-12-20/h5-18H. The lowest BCUT2D eigenvalue weighted by Gasteiger charge is -1.94. The van der Waals surface area contributed by atoms with Gasteiger partial charge in [-0.05, 0) is 60.7 Å². The van der Waals surface area contributed by atoms with Gasteiger partial charge in [0.1, 0.15) is 11.2 Å². The van der Waals surface area contributed by atoms with Crippen molar-refractivity contribution in [3.05, 3.63) is 108 Å². The van der Waals surface area contributed by atoms with E-state index < -0.39 is 0 Å². The summed E-state index contributed by atoms with van der Waals surface area (Å²) in [6.45, 7) is 0. The molecule has 0 amide bonds. The Morgan fingerprint density at radius 1 is 0.483 bits per heavy atom. The minimum Gasteiger partial charge on any atom is -0.456 e. The fourth-order valence-corrected chi connectivity index (χ4v) is 3.09. The smallest absolute Gasteiger partial charge is 0.135 e. The summed E-state index contributed by atoms with van der Waals surface area (Å²) >= 11 is 0. The molecule has 29 heavy (non-hydrogen) atoms. The van der Waals surface area contributed by atoms with Crippen molar-refractivity contribution in [2.24, 2.45) is 0 Å². The number of rotatable bonds is 0. The van der Waals surface area contributed by atoms with E-state index in [-0.39, 0.29) is 0 Å². The molecule has 3 aromatic heterocycles. The van der Waals surface area contributed by atoms with Gasteiger partial charge in [0.15, 0.2) is 0 Å². The first-order valence-corrected chi connectivity index (χ1v) is 9.16. The van der Waals surface area contributed by atoms with E-state index in [0.717, 1.165) is 44.2 Å². The maximum Gasteiger partial charge on any atom is 0.135 e. The number of hydrogen-bond donors (Lipinski definition) is 0. The highest BCUT2D eigenvalue weighted by Gasteiger charge is 2.07. The van der Waals surface area contributed by atoms with Crippen molar-refractivity contribution in [3.8, 4) is 23.7 Å². The van der Waals surface area contributed by atoms with Gasteiger partial charge in [0, 0.05) is 57.8 Å². The molecule has 2 aromatic carbocycles. The van der Waals surface area contributed by atoms with Gasteiger partial charge in [-0.1, -0.05) is 23.7 Å². The van der Waals surface area contributed by atoms with E-state index in [2.05, 4.69) is 45.8 Å². The fourth-order valence-electron chi connectivity index (χ4n) is 3.09. The molecule has 3 heteroatoms. The van der Waals surface area contributed by atoms with Crippen molar-refractivity contribution in [2.45, 2.75) is 0 Å². The van der Waals surface area contributed by atoms with Gasteiger partial charge in [0.05, 0.1) is 0 Å². The monoisotopic (exact) mass is 370 g/mol. The maximum absolute atomic E-state index is 5.98. The van der Waals surface area contributed by atoms with E-state index in [1.807, 2.05) is 48.5 Å². The fraction of sp³-hybridized carbons (Fsp3) is 0. The minimum atomic E-state index is 0.841. The van der Waals surface area contributed by atoms with Crippen LogP contribution in [0.15, 0.2) is 89.9 Å². The highest BCUT2D eigenvalue weighted by Crippen LogP contribution is 2.30. The molecule has 0 unspecified atom stereocenters. The topological polar surface area (TPSA) is 38.9 Å². The van der Waals surface area contributed by atoms with Crippen LogP contribution in [0.25, 0.3) is 21.9 Å². The highest BCUT2D eigenvalue weighted by molar-refractivity contribution is 6.05. The van der Waals surface area contributed by atoms with Gasteiger partial charge in [0.2, 0.25) is 0 Å². The second kappa shape index (κ2) is 7.35. The van der Waals surface area contributed by atoms with Crippen LogP contribution in [0, 0.1) is 23.7 Å². The van der Waals surface area contributed by atoms with Crippen LogP contribution in [0.5, 0.6) is 0 Å². The van der Waals surface area contributed by atoms with Crippen LogP contribution in [0.3, 0.4) is 0 Å². The zero-order chi connectivity index (χ0) is 19.5. The van der Waals surface area contributed by atoms with E-state index in [4.69, 9.17) is 4.42 Å². The first kappa shape index (κ1) is 16.8. The average Bonchev–Trinajstić information content (AvgIpc) is 3.15. The number of hydrogen-bond acceptors (Lipinski definition) is 3. The summed E-state index contributed by atoms with van der Waals surface area (Å²) in [6.07, 6.45) is 6.97. The van der Waals surface area contributed by atoms with Crippen LogP contribution < -0.4 is 0 Å². The summed E-state index contributed by atoms with van der Waals surface area (Å²) in [5.74, 6) is 12.8. The Morgan fingerprint density at radius 2 is 0.897 bits per heavy atom. The molecule has 3 heterocycles. The maximum atomic E-state index is 5.98. The molecule has 0 saturated heterocycles. The summed E-state index contributed by atoms with van der Waals surface area (Å²) in [4.78, 5) is 8.03. The lowest BCUT2D eigenvalue weighted by molar-refractivity contribution is 0.669. The number of nitrogens with zero attached hydrogens (tertiary/aromatic N) is 2. The zero-order valence-corrected chi connectivity index (χ0v) is 15.4. The SMILES string of the molecule is C(#Cc1ccc2oc3ccc(C#Cc4ccncc4)cc3c2c1)c1ccncc1. The summed E-state index contributed by atoms with van der Waals surface area (Å²) in [7, 11) is 0. The minimum absolute atomic E-state index is 0.841. The lowest BCUT2D eigenvalue weighted by atomic mass is 10.1. The van der Waals surface area contributed by atoms with E-state index in [1.54, 1.807) is 24.8 Å². The van der Waals surface area contributed by atoms with Crippen LogP contribution in [-0.2, 0) is 0 Å². The number of furan rings is 1. The van der Waals surface area contributed by atoms with Gasteiger partial charge >= 0.3 is 0 Å². The van der Waals surface area contributed by atoms with E-state index in [9.17, 15) is 0 Å². The zero-order valence-electron chi connectivity index (χ0n) is 15.4. The molecule has 0 bridgehead atoms. The molecule has 5 rings (SSSR count). The quantitative estimate of drug-likeness (QED) is 0.353. The third-order valence-electron chi connectivity index (χ3n) is 4.53. The van der Waals surface area contributed by atoms with E-state index in [1.165, 1.54) is 0 Å². The second-order valence-corrected chi connectivity index (χ2v) is 6.50. The van der Waals surface area contributed by atoms with Crippen LogP contribution in [0.2, 0.25) is 0 Å². The molecule has 3 nitrogen and oxygen atoms in total. The van der Waals surface area contributed by atoms with Crippen LogP contribution in [0.4, 0.5) is 0 Å². The number of benzene rings is 2. The number of aromatic nitrogens is 2. The molecular weight excluding hydrogens is 356 g/mol. The molecule has 0 spiro atoms. The molecule has 0 N–H and O–H groups in total. The predicted octanol–water partition coefficient (Wildman–Crippen LogP) is 5.18. The first-order valence-electron chi connectivity index (χ1n) is 9.16. The summed E-state index contributed by atoms with van der Waals surface area (Å²) in [5, 5.41) is 2.07. The van der Waals surface area contributed by atoms with Crippen molar-refractivity contribution >= 4 is 21.9 Å². The Kier molecular flexibility index (Phi) is 4.26. The number of pyridine rings is 2. The van der Waals surface area contributed by atoms with Gasteiger partial charge in [-0.2, -0.15) is 0 Å². The molecule has 0 radical (unpaired) electrons. The molecule has 0 saturated carbocycles. The van der Waals surface area contributed by atoms with Gasteiger partial charge < -0.3 is 4.42 Å². The van der Waals surface area contributed by atoms with Crippen molar-refractivity contribution in [1.29, 1.82) is 0 Å². The molecule has 0 aliphatic heterocycles. The predicted molar refractivity (Wildman–Crippen MR) is 114 cm³/mol. The van der Waals surface area contributed by atoms with Gasteiger partial charge in [-0.25, -0.2) is 0 Å². The van der Waals surface area contributed by atoms with Crippen LogP contribution >= 0.6 is 0 Å². The van der Waals surface area contributed by atoms with Gasteiger partial charge in [-0.15, -0.1) is 0 Å². The summed E-state index contributed by atoms with van der Waals surface area (Å²) in [6, 6.07) is 19.6. The van der Waals surface area contributed by atoms with Gasteiger partial charge in [0.25, 0.3) is 0 Å². The Bertz CT molecular complexity index is 1330. The highest BCUT2D eigenvalue weighted by atomic mass is 16.3. The Balaban J connectivity index is 1.55. The van der Waals surface area contributed by atoms with Crippen molar-refractivity contribution in [2.75, 3.05) is 0 Å². The van der Waals surface area contributed by atoms with Crippen molar-refractivity contribution < 1.29 is 4.42 Å². The third kappa shape index (κ3) is 3.58. The Labute approximate surface area is 168 Å². The largest absolute Gasteiger partial charge is 0.456 e.